The van der Waals surface area contributed by atoms with Gasteiger partial charge in [0, 0.05) is 37.1 Å². The molecule has 4 aromatic rings. The summed E-state index contributed by atoms with van der Waals surface area (Å²) in [4.78, 5) is 32.1. The lowest BCUT2D eigenvalue weighted by Crippen LogP contribution is -2.28. The van der Waals surface area contributed by atoms with E-state index in [2.05, 4.69) is 30.9 Å². The van der Waals surface area contributed by atoms with Crippen LogP contribution in [0.5, 0.6) is 0 Å². The molecule has 1 saturated carbocycles. The van der Waals surface area contributed by atoms with Gasteiger partial charge < -0.3 is 19.9 Å². The Hall–Kier alpha value is -4.75. The number of nitrogens with one attached hydrogen (secondary N) is 2. The first-order valence-electron chi connectivity index (χ1n) is 12.7. The largest absolute Gasteiger partial charge is 0.464 e. The predicted octanol–water partition coefficient (Wildman–Crippen LogP) is 4.72. The van der Waals surface area contributed by atoms with Gasteiger partial charge in [0.2, 0.25) is 11.9 Å². The summed E-state index contributed by atoms with van der Waals surface area (Å²) in [5, 5.41) is 13.6. The molecule has 1 amide bonds. The fraction of sp³-hybridized carbons (Fsp3) is 0.333. The number of aromatic nitrogens is 5. The summed E-state index contributed by atoms with van der Waals surface area (Å²) >= 11 is 0. The number of benzene rings is 1. The zero-order chi connectivity index (χ0) is 29.2. The Kier molecular flexibility index (Phi) is 7.47. The Balaban J connectivity index is 1.14. The zero-order valence-corrected chi connectivity index (χ0v) is 22.2. The number of rotatable bonds is 10. The van der Waals surface area contributed by atoms with Gasteiger partial charge in [-0.15, -0.1) is 0 Å². The summed E-state index contributed by atoms with van der Waals surface area (Å²) in [6.45, 7) is 3.83. The molecule has 214 valence electrons. The highest BCUT2D eigenvalue weighted by Crippen LogP contribution is 2.59. The van der Waals surface area contributed by atoms with Gasteiger partial charge in [-0.1, -0.05) is 29.4 Å². The van der Waals surface area contributed by atoms with E-state index in [1.807, 2.05) is 19.1 Å². The first-order chi connectivity index (χ1) is 19.5. The van der Waals surface area contributed by atoms with E-state index in [-0.39, 0.29) is 43.4 Å². The quantitative estimate of drug-likeness (QED) is 0.260. The van der Waals surface area contributed by atoms with Crippen molar-refractivity contribution in [1.29, 1.82) is 0 Å². The molecule has 1 aromatic carbocycles. The second-order valence-electron chi connectivity index (χ2n) is 9.73. The summed E-state index contributed by atoms with van der Waals surface area (Å²) in [5.41, 5.74) is 1.75. The number of esters is 1. The smallest absolute Gasteiger partial charge is 0.401 e. The van der Waals surface area contributed by atoms with Crippen LogP contribution in [0.2, 0.25) is 0 Å². The summed E-state index contributed by atoms with van der Waals surface area (Å²) in [6.07, 6.45) is 0.566. The van der Waals surface area contributed by atoms with Crippen LogP contribution in [0.15, 0.2) is 53.4 Å². The number of hydrogen-bond donors (Lipinski definition) is 2. The van der Waals surface area contributed by atoms with Crippen LogP contribution < -0.4 is 10.6 Å². The van der Waals surface area contributed by atoms with Crippen molar-refractivity contribution < 1.29 is 32.0 Å². The summed E-state index contributed by atoms with van der Waals surface area (Å²) in [5.74, 6) is -0.734. The molecular formula is C27H26F3N7O4. The van der Waals surface area contributed by atoms with Crippen LogP contribution in [-0.4, -0.2) is 49.6 Å². The predicted molar refractivity (Wildman–Crippen MR) is 140 cm³/mol. The molecule has 11 nitrogen and oxygen atoms in total. The molecule has 0 aliphatic heterocycles. The molecule has 1 aliphatic rings. The van der Waals surface area contributed by atoms with Crippen LogP contribution in [0.25, 0.3) is 11.1 Å². The van der Waals surface area contributed by atoms with Crippen molar-refractivity contribution in [2.75, 3.05) is 17.2 Å². The summed E-state index contributed by atoms with van der Waals surface area (Å²) in [7, 11) is 0. The molecular weight excluding hydrogens is 543 g/mol. The second-order valence-corrected chi connectivity index (χ2v) is 9.73. The van der Waals surface area contributed by atoms with E-state index in [4.69, 9.17) is 9.26 Å². The maximum Gasteiger partial charge on any atom is 0.401 e. The molecule has 0 atom stereocenters. The zero-order valence-electron chi connectivity index (χ0n) is 22.2. The van der Waals surface area contributed by atoms with Crippen LogP contribution in [0.4, 0.5) is 30.6 Å². The highest BCUT2D eigenvalue weighted by molar-refractivity contribution is 5.91. The SMILES string of the molecule is CC(=O)OCCn1cc(Nc2ncc(-c3ccc(CC(=O)Nc4cc(C5(C(F)(F)F)CC5)on4)cc3)cn2)c(C)n1. The minimum atomic E-state index is -4.42. The lowest BCUT2D eigenvalue weighted by molar-refractivity contribution is -0.165. The standard InChI is InChI=1S/C27H26F3N7O4/c1-16-21(15-37(35-16)9-10-40-17(2)38)33-25-31-13-20(14-32-25)19-5-3-18(4-6-19)11-24(39)34-23-12-22(41-36-23)26(7-8-26)27(28,29)30/h3-6,12-15H,7-11H2,1-2H3,(H,31,32,33)(H,34,36,39). The van der Waals surface area contributed by atoms with Crippen molar-refractivity contribution in [3.8, 4) is 11.1 Å². The fourth-order valence-electron chi connectivity index (χ4n) is 4.24. The van der Waals surface area contributed by atoms with E-state index in [0.717, 1.165) is 28.6 Å². The number of carbonyl (C=O) groups is 2. The van der Waals surface area contributed by atoms with Gasteiger partial charge in [0.15, 0.2) is 11.6 Å². The number of aryl methyl sites for hydroxylation is 1. The molecule has 0 unspecified atom stereocenters. The van der Waals surface area contributed by atoms with Crippen LogP contribution in [0, 0.1) is 6.92 Å². The molecule has 1 fully saturated rings. The van der Waals surface area contributed by atoms with Gasteiger partial charge in [-0.25, -0.2) is 9.97 Å². The van der Waals surface area contributed by atoms with Crippen LogP contribution in [0.1, 0.15) is 36.8 Å². The molecule has 1 aliphatic carbocycles. The van der Waals surface area contributed by atoms with Crippen LogP contribution in [-0.2, 0) is 32.7 Å². The Morgan fingerprint density at radius 1 is 1.12 bits per heavy atom. The molecule has 2 N–H and O–H groups in total. The molecule has 0 saturated heterocycles. The Morgan fingerprint density at radius 3 is 2.46 bits per heavy atom. The van der Waals surface area contributed by atoms with Gasteiger partial charge in [0.05, 0.1) is 24.3 Å². The third-order valence-corrected chi connectivity index (χ3v) is 6.66. The van der Waals surface area contributed by atoms with Gasteiger partial charge in [-0.2, -0.15) is 18.3 Å². The lowest BCUT2D eigenvalue weighted by atomic mass is 10.0. The first kappa shape index (κ1) is 27.8. The number of halogens is 3. The maximum atomic E-state index is 13.3. The molecule has 0 radical (unpaired) electrons. The second kappa shape index (κ2) is 11.0. The number of anilines is 3. The average molecular weight is 570 g/mol. The lowest BCUT2D eigenvalue weighted by Gasteiger charge is -2.14. The number of ether oxygens (including phenoxy) is 1. The molecule has 14 heteroatoms. The summed E-state index contributed by atoms with van der Waals surface area (Å²) < 4.78 is 51.3. The fourth-order valence-corrected chi connectivity index (χ4v) is 4.24. The Morgan fingerprint density at radius 2 is 1.83 bits per heavy atom. The van der Waals surface area contributed by atoms with E-state index in [0.29, 0.717) is 18.1 Å². The highest BCUT2D eigenvalue weighted by atomic mass is 19.4. The van der Waals surface area contributed by atoms with Gasteiger partial charge >= 0.3 is 12.1 Å². The van der Waals surface area contributed by atoms with Crippen molar-refractivity contribution in [3.05, 3.63) is 65.9 Å². The number of carbonyl (C=O) groups excluding carboxylic acids is 2. The van der Waals surface area contributed by atoms with Crippen molar-refractivity contribution in [2.45, 2.75) is 51.2 Å². The first-order valence-corrected chi connectivity index (χ1v) is 12.7. The topological polar surface area (TPSA) is 137 Å². The average Bonchev–Trinajstić information content (AvgIpc) is 3.51. The van der Waals surface area contributed by atoms with Crippen molar-refractivity contribution in [1.82, 2.24) is 24.9 Å². The molecule has 3 aromatic heterocycles. The van der Waals surface area contributed by atoms with Gasteiger partial charge in [-0.3, -0.25) is 14.3 Å². The van der Waals surface area contributed by atoms with E-state index in [9.17, 15) is 22.8 Å². The molecule has 0 spiro atoms. The number of nitrogens with zero attached hydrogens (tertiary/aromatic N) is 5. The highest BCUT2D eigenvalue weighted by Gasteiger charge is 2.66. The Labute approximate surface area is 232 Å². The van der Waals surface area contributed by atoms with Crippen LogP contribution >= 0.6 is 0 Å². The normalized spacial score (nSPS) is 14.0. The van der Waals surface area contributed by atoms with Gasteiger partial charge in [0.1, 0.15) is 12.0 Å². The third-order valence-electron chi connectivity index (χ3n) is 6.66. The van der Waals surface area contributed by atoms with Crippen LogP contribution in [0.3, 0.4) is 0 Å². The Bertz CT molecular complexity index is 1540. The monoisotopic (exact) mass is 569 g/mol. The molecule has 41 heavy (non-hydrogen) atoms. The van der Waals surface area contributed by atoms with E-state index >= 15 is 0 Å². The number of alkyl halides is 3. The molecule has 0 bridgehead atoms. The van der Waals surface area contributed by atoms with E-state index in [1.54, 1.807) is 35.4 Å². The van der Waals surface area contributed by atoms with Crippen molar-refractivity contribution in [3.63, 3.8) is 0 Å². The third kappa shape index (κ3) is 6.36. The minimum absolute atomic E-state index is 0.000154. The minimum Gasteiger partial charge on any atom is -0.464 e. The number of hydrogen-bond acceptors (Lipinski definition) is 9. The molecule has 5 rings (SSSR count). The number of amides is 1. The van der Waals surface area contributed by atoms with Gasteiger partial charge in [-0.05, 0) is 30.9 Å². The summed E-state index contributed by atoms with van der Waals surface area (Å²) in [6, 6.07) is 8.32. The van der Waals surface area contributed by atoms with Gasteiger partial charge in [0.25, 0.3) is 0 Å². The van der Waals surface area contributed by atoms with E-state index < -0.39 is 17.5 Å². The molecule has 3 heterocycles. The van der Waals surface area contributed by atoms with Crippen molar-refractivity contribution >= 4 is 29.3 Å². The van der Waals surface area contributed by atoms with Crippen molar-refractivity contribution in [2.24, 2.45) is 0 Å². The van der Waals surface area contributed by atoms with E-state index in [1.165, 1.54) is 6.92 Å². The maximum absolute atomic E-state index is 13.3.